The minimum Gasteiger partial charge on any atom is -0.497 e. The molecule has 2 aliphatic heterocycles. The molecule has 2 aromatic rings. The third kappa shape index (κ3) is 6.24. The summed E-state index contributed by atoms with van der Waals surface area (Å²) in [6, 6.07) is 14.1. The fourth-order valence-corrected chi connectivity index (χ4v) is 5.70. The molecular weight excluding hydrogens is 498 g/mol. The SMILES string of the molecule is COC(=O)c1ccc(C2CN(C(=O)C3CCN(C(C)=O)CC3)CCC2N(C)C(=O)c2ccc(OC)cc2)cc1. The van der Waals surface area contributed by atoms with Crippen LogP contribution in [0.5, 0.6) is 5.75 Å². The van der Waals surface area contributed by atoms with Crippen molar-refractivity contribution in [2.24, 2.45) is 5.92 Å². The second kappa shape index (κ2) is 12.3. The summed E-state index contributed by atoms with van der Waals surface area (Å²) in [7, 11) is 4.74. The number of rotatable bonds is 6. The van der Waals surface area contributed by atoms with E-state index in [1.54, 1.807) is 60.2 Å². The molecule has 0 radical (unpaired) electrons. The van der Waals surface area contributed by atoms with Crippen LogP contribution < -0.4 is 4.74 Å². The maximum Gasteiger partial charge on any atom is 0.337 e. The molecule has 39 heavy (non-hydrogen) atoms. The Labute approximate surface area is 229 Å². The largest absolute Gasteiger partial charge is 0.497 e. The Kier molecular flexibility index (Phi) is 8.89. The van der Waals surface area contributed by atoms with Crippen LogP contribution in [0.2, 0.25) is 0 Å². The second-order valence-electron chi connectivity index (χ2n) is 10.3. The summed E-state index contributed by atoms with van der Waals surface area (Å²) in [5, 5.41) is 0. The number of esters is 1. The van der Waals surface area contributed by atoms with Gasteiger partial charge in [0.15, 0.2) is 0 Å². The second-order valence-corrected chi connectivity index (χ2v) is 10.3. The zero-order chi connectivity index (χ0) is 28.1. The molecule has 2 unspecified atom stereocenters. The highest BCUT2D eigenvalue weighted by Crippen LogP contribution is 2.33. The lowest BCUT2D eigenvalue weighted by Gasteiger charge is -2.44. The molecule has 0 aromatic heterocycles. The lowest BCUT2D eigenvalue weighted by molar-refractivity contribution is -0.141. The van der Waals surface area contributed by atoms with Crippen molar-refractivity contribution < 1.29 is 28.7 Å². The van der Waals surface area contributed by atoms with E-state index in [2.05, 4.69) is 0 Å². The molecule has 9 heteroatoms. The Bertz CT molecular complexity index is 1190. The van der Waals surface area contributed by atoms with Gasteiger partial charge >= 0.3 is 5.97 Å². The van der Waals surface area contributed by atoms with Crippen LogP contribution in [0, 0.1) is 5.92 Å². The molecule has 2 aromatic carbocycles. The quantitative estimate of drug-likeness (QED) is 0.527. The maximum atomic E-state index is 13.5. The van der Waals surface area contributed by atoms with E-state index in [0.717, 1.165) is 5.56 Å². The Morgan fingerprint density at radius 2 is 1.41 bits per heavy atom. The van der Waals surface area contributed by atoms with Gasteiger partial charge in [-0.1, -0.05) is 12.1 Å². The number of ether oxygens (including phenoxy) is 2. The van der Waals surface area contributed by atoms with Gasteiger partial charge in [0.1, 0.15) is 5.75 Å². The standard InChI is InChI=1S/C30H37N3O6/c1-20(34)32-16-13-23(14-17-32)29(36)33-18-15-27(31(2)28(35)22-9-11-25(38-3)12-10-22)26(19-33)21-5-7-24(8-6-21)30(37)39-4/h5-12,23,26-27H,13-19H2,1-4H3. The summed E-state index contributed by atoms with van der Waals surface area (Å²) in [6.07, 6.45) is 1.94. The van der Waals surface area contributed by atoms with Crippen molar-refractivity contribution in [3.05, 3.63) is 65.2 Å². The molecule has 0 saturated carbocycles. The summed E-state index contributed by atoms with van der Waals surface area (Å²) in [4.78, 5) is 56.2. The van der Waals surface area contributed by atoms with Crippen molar-refractivity contribution >= 4 is 23.7 Å². The van der Waals surface area contributed by atoms with Crippen LogP contribution >= 0.6 is 0 Å². The van der Waals surface area contributed by atoms with Crippen LogP contribution in [0.25, 0.3) is 0 Å². The summed E-state index contributed by atoms with van der Waals surface area (Å²) in [5.41, 5.74) is 1.96. The number of nitrogens with zero attached hydrogens (tertiary/aromatic N) is 3. The van der Waals surface area contributed by atoms with Gasteiger partial charge in [-0.05, 0) is 61.2 Å². The minimum atomic E-state index is -0.415. The summed E-state index contributed by atoms with van der Waals surface area (Å²) in [5.74, 6) is 0.0620. The number of methoxy groups -OCH3 is 2. The molecule has 2 heterocycles. The average molecular weight is 536 g/mol. The maximum absolute atomic E-state index is 13.5. The van der Waals surface area contributed by atoms with Gasteiger partial charge in [0.2, 0.25) is 11.8 Å². The Morgan fingerprint density at radius 1 is 0.821 bits per heavy atom. The highest BCUT2D eigenvalue weighted by Gasteiger charge is 2.39. The van der Waals surface area contributed by atoms with Crippen LogP contribution in [0.3, 0.4) is 0 Å². The minimum absolute atomic E-state index is 0.0433. The normalized spacial score (nSPS) is 19.8. The van der Waals surface area contributed by atoms with Gasteiger partial charge in [-0.15, -0.1) is 0 Å². The molecule has 0 bridgehead atoms. The molecule has 2 fully saturated rings. The van der Waals surface area contributed by atoms with Crippen molar-refractivity contribution in [2.75, 3.05) is 47.4 Å². The molecule has 9 nitrogen and oxygen atoms in total. The van der Waals surface area contributed by atoms with E-state index in [1.165, 1.54) is 7.11 Å². The number of carbonyl (C=O) groups is 4. The molecule has 2 saturated heterocycles. The Hall–Kier alpha value is -3.88. The molecule has 2 atom stereocenters. The monoisotopic (exact) mass is 535 g/mol. The van der Waals surface area contributed by atoms with Crippen molar-refractivity contribution in [2.45, 2.75) is 38.1 Å². The van der Waals surface area contributed by atoms with Crippen molar-refractivity contribution in [3.8, 4) is 5.75 Å². The van der Waals surface area contributed by atoms with Crippen molar-refractivity contribution in [1.29, 1.82) is 0 Å². The number of piperidine rings is 2. The van der Waals surface area contributed by atoms with Crippen LogP contribution in [0.4, 0.5) is 0 Å². The van der Waals surface area contributed by atoms with E-state index in [-0.39, 0.29) is 35.6 Å². The first-order valence-corrected chi connectivity index (χ1v) is 13.4. The molecular formula is C30H37N3O6. The Balaban J connectivity index is 1.55. The van der Waals surface area contributed by atoms with Gasteiger partial charge in [-0.2, -0.15) is 0 Å². The van der Waals surface area contributed by atoms with Crippen molar-refractivity contribution in [3.63, 3.8) is 0 Å². The van der Waals surface area contributed by atoms with Crippen LogP contribution in [-0.4, -0.2) is 91.9 Å². The first kappa shape index (κ1) is 28.1. The molecule has 0 spiro atoms. The van der Waals surface area contributed by atoms with E-state index in [4.69, 9.17) is 9.47 Å². The number of likely N-dealkylation sites (N-methyl/N-ethyl adjacent to an activating group) is 1. The zero-order valence-corrected chi connectivity index (χ0v) is 23.1. The van der Waals surface area contributed by atoms with Gasteiger partial charge in [0.05, 0.1) is 19.8 Å². The highest BCUT2D eigenvalue weighted by molar-refractivity contribution is 5.94. The summed E-state index contributed by atoms with van der Waals surface area (Å²) < 4.78 is 10.1. The van der Waals surface area contributed by atoms with Crippen LogP contribution in [-0.2, 0) is 14.3 Å². The third-order valence-electron chi connectivity index (χ3n) is 8.09. The number of benzene rings is 2. The van der Waals surface area contributed by atoms with Gasteiger partial charge in [-0.25, -0.2) is 4.79 Å². The zero-order valence-electron chi connectivity index (χ0n) is 23.1. The summed E-state index contributed by atoms with van der Waals surface area (Å²) in [6.45, 7) is 3.77. The first-order chi connectivity index (χ1) is 18.7. The number of carbonyl (C=O) groups excluding carboxylic acids is 4. The molecule has 4 rings (SSSR count). The number of hydrogen-bond donors (Lipinski definition) is 0. The van der Waals surface area contributed by atoms with Gasteiger partial charge in [-0.3, -0.25) is 14.4 Å². The predicted octanol–water partition coefficient (Wildman–Crippen LogP) is 3.20. The molecule has 0 N–H and O–H groups in total. The molecule has 2 aliphatic rings. The van der Waals surface area contributed by atoms with E-state index >= 15 is 0 Å². The van der Waals surface area contributed by atoms with Gasteiger partial charge < -0.3 is 24.2 Å². The fourth-order valence-electron chi connectivity index (χ4n) is 5.70. The predicted molar refractivity (Wildman–Crippen MR) is 146 cm³/mol. The van der Waals surface area contributed by atoms with Crippen LogP contribution in [0.15, 0.2) is 48.5 Å². The van der Waals surface area contributed by atoms with Crippen LogP contribution in [0.1, 0.15) is 58.4 Å². The Morgan fingerprint density at radius 3 is 1.97 bits per heavy atom. The van der Waals surface area contributed by atoms with E-state index < -0.39 is 5.97 Å². The smallest absolute Gasteiger partial charge is 0.337 e. The van der Waals surface area contributed by atoms with Crippen molar-refractivity contribution in [1.82, 2.24) is 14.7 Å². The van der Waals surface area contributed by atoms with E-state index in [1.807, 2.05) is 24.1 Å². The lowest BCUT2D eigenvalue weighted by atomic mass is 9.83. The number of likely N-dealkylation sites (tertiary alicyclic amines) is 2. The lowest BCUT2D eigenvalue weighted by Crippen LogP contribution is -2.53. The molecule has 3 amide bonds. The van der Waals surface area contributed by atoms with E-state index in [9.17, 15) is 19.2 Å². The molecule has 0 aliphatic carbocycles. The highest BCUT2D eigenvalue weighted by atomic mass is 16.5. The number of hydrogen-bond acceptors (Lipinski definition) is 6. The van der Waals surface area contributed by atoms with Gasteiger partial charge in [0.25, 0.3) is 5.91 Å². The third-order valence-corrected chi connectivity index (χ3v) is 8.09. The summed E-state index contributed by atoms with van der Waals surface area (Å²) >= 11 is 0. The van der Waals surface area contributed by atoms with Gasteiger partial charge in [0, 0.05) is 63.6 Å². The first-order valence-electron chi connectivity index (χ1n) is 13.4. The number of amides is 3. The fraction of sp³-hybridized carbons (Fsp3) is 0.467. The topological polar surface area (TPSA) is 96.5 Å². The molecule has 208 valence electrons. The average Bonchev–Trinajstić information content (AvgIpc) is 2.99. The van der Waals surface area contributed by atoms with E-state index in [0.29, 0.717) is 62.3 Å².